The predicted molar refractivity (Wildman–Crippen MR) is 96.8 cm³/mol. The summed E-state index contributed by atoms with van der Waals surface area (Å²) in [5, 5.41) is 10.8. The first-order valence-corrected chi connectivity index (χ1v) is 9.85. The Labute approximate surface area is 164 Å². The van der Waals surface area contributed by atoms with E-state index in [-0.39, 0.29) is 11.4 Å². The summed E-state index contributed by atoms with van der Waals surface area (Å²) < 4.78 is 11.0. The summed E-state index contributed by atoms with van der Waals surface area (Å²) in [5.74, 6) is -0.580. The van der Waals surface area contributed by atoms with Crippen molar-refractivity contribution in [2.75, 3.05) is 0 Å². The van der Waals surface area contributed by atoms with Gasteiger partial charge in [0.2, 0.25) is 0 Å². The third-order valence-electron chi connectivity index (χ3n) is 5.90. The van der Waals surface area contributed by atoms with Crippen molar-refractivity contribution in [1.29, 1.82) is 0 Å². The van der Waals surface area contributed by atoms with Gasteiger partial charge in [-0.15, -0.1) is 11.6 Å². The fourth-order valence-electron chi connectivity index (χ4n) is 4.55. The lowest BCUT2D eigenvalue weighted by Crippen LogP contribution is -2.85. The number of esters is 1. The normalized spacial score (nSPS) is 40.5. The fourth-order valence-corrected chi connectivity index (χ4v) is 6.08. The van der Waals surface area contributed by atoms with E-state index < -0.39 is 40.7 Å². The maximum Gasteiger partial charge on any atom is 0.413 e. The van der Waals surface area contributed by atoms with E-state index in [2.05, 4.69) is 15.9 Å². The molecule has 6 rings (SSSR count). The summed E-state index contributed by atoms with van der Waals surface area (Å²) in [7, 11) is 0. The van der Waals surface area contributed by atoms with E-state index in [0.717, 1.165) is 5.56 Å². The van der Waals surface area contributed by atoms with Gasteiger partial charge in [-0.05, 0) is 18.4 Å². The summed E-state index contributed by atoms with van der Waals surface area (Å²) in [6.45, 7) is 2.02. The van der Waals surface area contributed by atoms with E-state index in [1.807, 2.05) is 37.3 Å². The van der Waals surface area contributed by atoms with Crippen LogP contribution in [-0.4, -0.2) is 50.1 Å². The maximum absolute atomic E-state index is 12.8. The molecular weight excluding hydrogens is 426 g/mol. The molecule has 6 atom stereocenters. The predicted octanol–water partition coefficient (Wildman–Crippen LogP) is 2.79. The lowest BCUT2D eigenvalue weighted by molar-refractivity contribution is -0.265. The molecule has 5 aliphatic rings. The van der Waals surface area contributed by atoms with E-state index in [1.165, 1.54) is 4.90 Å². The molecule has 1 aliphatic carbocycles. The molecule has 6 nitrogen and oxygen atoms in total. The number of halogens is 2. The van der Waals surface area contributed by atoms with Crippen LogP contribution in [0.3, 0.4) is 0 Å². The summed E-state index contributed by atoms with van der Waals surface area (Å²) in [4.78, 5) is 24.7. The molecule has 140 valence electrons. The summed E-state index contributed by atoms with van der Waals surface area (Å²) in [6, 6.07) is 8.39. The van der Waals surface area contributed by atoms with E-state index in [0.29, 0.717) is 12.8 Å². The first-order chi connectivity index (χ1) is 12.3. The smallest absolute Gasteiger partial charge is 0.413 e. The van der Waals surface area contributed by atoms with Crippen molar-refractivity contribution >= 4 is 39.6 Å². The highest BCUT2D eigenvalue weighted by Gasteiger charge is 2.77. The van der Waals surface area contributed by atoms with Crippen LogP contribution in [0.1, 0.15) is 25.3 Å². The molecule has 0 aromatic heterocycles. The van der Waals surface area contributed by atoms with Crippen LogP contribution in [0, 0.1) is 5.41 Å². The minimum atomic E-state index is -1.46. The molecule has 1 amide bonds. The molecule has 4 heterocycles. The van der Waals surface area contributed by atoms with Crippen LogP contribution in [0.5, 0.6) is 0 Å². The maximum atomic E-state index is 12.8. The van der Waals surface area contributed by atoms with Gasteiger partial charge in [-0.3, -0.25) is 4.90 Å². The van der Waals surface area contributed by atoms with E-state index in [9.17, 15) is 14.7 Å². The average molecular weight is 445 g/mol. The van der Waals surface area contributed by atoms with Crippen molar-refractivity contribution in [2.24, 2.45) is 5.41 Å². The second-order valence-corrected chi connectivity index (χ2v) is 8.83. The van der Waals surface area contributed by atoms with Gasteiger partial charge in [0.15, 0.2) is 11.1 Å². The van der Waals surface area contributed by atoms with Gasteiger partial charge >= 0.3 is 12.1 Å². The molecule has 1 aromatic carbocycles. The summed E-state index contributed by atoms with van der Waals surface area (Å²) in [5.41, 5.74) is 0.185. The number of amides is 1. The number of rotatable bonds is 3. The van der Waals surface area contributed by atoms with Gasteiger partial charge < -0.3 is 14.6 Å². The van der Waals surface area contributed by atoms with Crippen LogP contribution in [0.2, 0.25) is 0 Å². The topological polar surface area (TPSA) is 76.1 Å². The minimum absolute atomic E-state index is 0.0891. The Bertz CT molecular complexity index is 748. The number of aliphatic hydroxyl groups excluding tert-OH is 1. The number of piperidine rings is 2. The minimum Gasteiger partial charge on any atom is -0.444 e. The number of nitrogens with zero attached hydrogens (tertiary/aromatic N) is 1. The highest BCUT2D eigenvalue weighted by atomic mass is 79.9. The number of alkyl halides is 2. The Morgan fingerprint density at radius 3 is 2.81 bits per heavy atom. The molecule has 6 unspecified atom stereocenters. The number of aliphatic hydroxyl groups is 1. The largest absolute Gasteiger partial charge is 0.444 e. The molecule has 8 heteroatoms. The standard InChI is InChI=1S/C18H19BrClNO5/c1-2-17-9-18(20)13(11(22)12(17)19)21(14(17)26-15(18)23)16(24)25-8-10-6-4-3-5-7-10/h3-7,11-14,22H,2,8-9H2,1H3. The van der Waals surface area contributed by atoms with Crippen LogP contribution >= 0.6 is 27.5 Å². The third-order valence-corrected chi connectivity index (χ3v) is 7.87. The van der Waals surface area contributed by atoms with Crippen molar-refractivity contribution < 1.29 is 24.2 Å². The van der Waals surface area contributed by atoms with Crippen LogP contribution in [0.25, 0.3) is 0 Å². The van der Waals surface area contributed by atoms with Crippen molar-refractivity contribution in [3.05, 3.63) is 35.9 Å². The lowest BCUT2D eigenvalue weighted by Gasteiger charge is -2.68. The van der Waals surface area contributed by atoms with E-state index in [1.54, 1.807) is 0 Å². The van der Waals surface area contributed by atoms with E-state index in [4.69, 9.17) is 21.1 Å². The van der Waals surface area contributed by atoms with Crippen molar-refractivity contribution in [1.82, 2.24) is 4.90 Å². The number of carbonyl (C=O) groups excluding carboxylic acids is 2. The van der Waals surface area contributed by atoms with Crippen molar-refractivity contribution in [3.8, 4) is 0 Å². The van der Waals surface area contributed by atoms with Gasteiger partial charge in [0, 0.05) is 5.41 Å². The first-order valence-electron chi connectivity index (χ1n) is 8.56. The van der Waals surface area contributed by atoms with Crippen LogP contribution in [0.15, 0.2) is 30.3 Å². The van der Waals surface area contributed by atoms with Crippen LogP contribution in [0.4, 0.5) is 4.79 Å². The van der Waals surface area contributed by atoms with Crippen molar-refractivity contribution in [3.63, 3.8) is 0 Å². The zero-order valence-corrected chi connectivity index (χ0v) is 16.4. The van der Waals surface area contributed by atoms with Gasteiger partial charge in [-0.25, -0.2) is 9.59 Å². The number of ether oxygens (including phenoxy) is 2. The first kappa shape index (κ1) is 18.1. The number of fused-ring (bicyclic) bond motifs is 2. The molecule has 1 saturated carbocycles. The SMILES string of the molecule is CCC12CC3(Cl)C(=O)OC1N(C(=O)OCc1ccccc1)C3C(O)C2Br. The van der Waals surface area contributed by atoms with Gasteiger partial charge in [-0.2, -0.15) is 0 Å². The zero-order chi connectivity index (χ0) is 18.7. The molecule has 1 N–H and O–H groups in total. The second kappa shape index (κ2) is 6.11. The highest BCUT2D eigenvalue weighted by molar-refractivity contribution is 9.09. The Hall–Kier alpha value is -1.31. The molecule has 26 heavy (non-hydrogen) atoms. The Morgan fingerprint density at radius 1 is 1.46 bits per heavy atom. The Kier molecular flexibility index (Phi) is 4.24. The molecule has 4 saturated heterocycles. The second-order valence-electron chi connectivity index (χ2n) is 7.17. The molecule has 4 bridgehead atoms. The number of carbonyl (C=O) groups is 2. The van der Waals surface area contributed by atoms with Crippen LogP contribution < -0.4 is 0 Å². The van der Waals surface area contributed by atoms with Gasteiger partial charge in [-0.1, -0.05) is 53.2 Å². The summed E-state index contributed by atoms with van der Waals surface area (Å²) >= 11 is 10.2. The Morgan fingerprint density at radius 2 is 2.15 bits per heavy atom. The highest BCUT2D eigenvalue weighted by Crippen LogP contribution is 2.63. The third kappa shape index (κ3) is 2.26. The van der Waals surface area contributed by atoms with Crippen LogP contribution in [-0.2, 0) is 20.9 Å². The lowest BCUT2D eigenvalue weighted by atomic mass is 9.57. The number of hydrogen-bond donors (Lipinski definition) is 1. The molecule has 1 aromatic rings. The van der Waals surface area contributed by atoms with Gasteiger partial charge in [0.05, 0.1) is 17.0 Å². The molecule has 0 spiro atoms. The number of hydrogen-bond acceptors (Lipinski definition) is 5. The van der Waals surface area contributed by atoms with Gasteiger partial charge in [0.25, 0.3) is 0 Å². The monoisotopic (exact) mass is 443 g/mol. The summed E-state index contributed by atoms with van der Waals surface area (Å²) in [6.07, 6.45) is -1.50. The molecular formula is C18H19BrClNO5. The van der Waals surface area contributed by atoms with Crippen molar-refractivity contribution in [2.45, 2.75) is 54.4 Å². The quantitative estimate of drug-likeness (QED) is 0.573. The van der Waals surface area contributed by atoms with Gasteiger partial charge in [0.1, 0.15) is 6.61 Å². The fraction of sp³-hybridized carbons (Fsp3) is 0.556. The zero-order valence-electron chi connectivity index (χ0n) is 14.1. The Balaban J connectivity index is 1.65. The average Bonchev–Trinajstić information content (AvgIpc) is 2.64. The molecule has 4 aliphatic heterocycles. The number of benzene rings is 1. The molecule has 5 fully saturated rings. The van der Waals surface area contributed by atoms with E-state index >= 15 is 0 Å². The molecule has 0 radical (unpaired) electrons.